The maximum absolute atomic E-state index is 5.57. The summed E-state index contributed by atoms with van der Waals surface area (Å²) in [6.45, 7) is 2.13. The van der Waals surface area contributed by atoms with Crippen molar-refractivity contribution in [3.05, 3.63) is 187 Å². The predicted octanol–water partition coefficient (Wildman–Crippen LogP) is 12.8. The van der Waals surface area contributed by atoms with Crippen molar-refractivity contribution < 1.29 is 21.1 Å². The van der Waals surface area contributed by atoms with Crippen LogP contribution >= 0.6 is 11.3 Å². The summed E-state index contributed by atoms with van der Waals surface area (Å²) in [7, 11) is 0. The molecule has 5 nitrogen and oxygen atoms in total. The zero-order valence-corrected chi connectivity index (χ0v) is 33.2. The molecule has 0 unspecified atom stereocenters. The number of aryl methyl sites for hydroxylation is 1. The van der Waals surface area contributed by atoms with E-state index in [0.717, 1.165) is 88.3 Å². The van der Waals surface area contributed by atoms with Gasteiger partial charge in [0.1, 0.15) is 11.6 Å². The fourth-order valence-corrected chi connectivity index (χ4v) is 8.12. The molecule has 0 radical (unpaired) electrons. The van der Waals surface area contributed by atoms with E-state index < -0.39 is 0 Å². The number of anilines is 3. The molecule has 7 heteroatoms. The van der Waals surface area contributed by atoms with Crippen molar-refractivity contribution in [3.8, 4) is 45.0 Å². The summed E-state index contributed by atoms with van der Waals surface area (Å²) < 4.78 is 1.04. The molecule has 0 fully saturated rings. The maximum atomic E-state index is 5.57. The van der Waals surface area contributed by atoms with Crippen LogP contribution in [-0.4, -0.2) is 19.9 Å². The van der Waals surface area contributed by atoms with Crippen LogP contribution in [0.1, 0.15) is 4.88 Å². The number of nitrogens with zero attached hydrogens (tertiary/aromatic N) is 5. The van der Waals surface area contributed by atoms with Gasteiger partial charge in [0.25, 0.3) is 0 Å². The van der Waals surface area contributed by atoms with E-state index in [1.165, 1.54) is 4.88 Å². The first-order chi connectivity index (χ1) is 27.2. The van der Waals surface area contributed by atoms with Crippen molar-refractivity contribution >= 4 is 60.4 Å². The zero-order chi connectivity index (χ0) is 36.7. The average molecular weight is 917 g/mol. The first-order valence-electron chi connectivity index (χ1n) is 18.1. The Kier molecular flexibility index (Phi) is 9.52. The first kappa shape index (κ1) is 35.4. The molecule has 0 atom stereocenters. The Labute approximate surface area is 343 Å². The van der Waals surface area contributed by atoms with Crippen LogP contribution in [0.4, 0.5) is 17.3 Å². The van der Waals surface area contributed by atoms with Gasteiger partial charge in [-0.05, 0) is 68.8 Å². The third kappa shape index (κ3) is 6.57. The Morgan fingerprint density at radius 2 is 1.30 bits per heavy atom. The SMILES string of the molecule is Cc1cc2c([c-]c(-c3cc4ccccc4c(N(c4ccccc4)c4cc(-c5ccccc5)cc(-c5[c-]cccc5)n4)n3)c3cnc(-c4ccccc4)nc32)s1.[Pt+2]. The Hall–Kier alpha value is -6.33. The summed E-state index contributed by atoms with van der Waals surface area (Å²) in [5.41, 5.74) is 8.31. The molecule has 0 saturated carbocycles. The minimum atomic E-state index is 0. The van der Waals surface area contributed by atoms with Gasteiger partial charge in [0.05, 0.1) is 0 Å². The maximum Gasteiger partial charge on any atom is 2.00 e. The van der Waals surface area contributed by atoms with Gasteiger partial charge < -0.3 is 0 Å². The number of para-hydroxylation sites is 1. The van der Waals surface area contributed by atoms with Gasteiger partial charge in [0, 0.05) is 22.2 Å². The molecule has 56 heavy (non-hydrogen) atoms. The van der Waals surface area contributed by atoms with Crippen LogP contribution in [0.3, 0.4) is 0 Å². The van der Waals surface area contributed by atoms with Crippen molar-refractivity contribution in [2.45, 2.75) is 6.92 Å². The van der Waals surface area contributed by atoms with E-state index in [-0.39, 0.29) is 21.1 Å². The quantitative estimate of drug-likeness (QED) is 0.149. The van der Waals surface area contributed by atoms with Crippen LogP contribution < -0.4 is 4.90 Å². The molecule has 10 aromatic rings. The minimum Gasteiger partial charge on any atom is -0.280 e. The molecule has 0 saturated heterocycles. The fourth-order valence-electron chi connectivity index (χ4n) is 7.20. The van der Waals surface area contributed by atoms with E-state index in [1.807, 2.05) is 66.9 Å². The smallest absolute Gasteiger partial charge is 0.280 e. The third-order valence-electron chi connectivity index (χ3n) is 9.77. The number of rotatable bonds is 7. The number of aromatic nitrogens is 4. The predicted molar refractivity (Wildman–Crippen MR) is 227 cm³/mol. The van der Waals surface area contributed by atoms with Crippen LogP contribution in [-0.2, 0) is 21.1 Å². The van der Waals surface area contributed by atoms with Crippen LogP contribution in [0.15, 0.2) is 170 Å². The van der Waals surface area contributed by atoms with E-state index in [1.54, 1.807) is 11.3 Å². The molecule has 6 aromatic carbocycles. The summed E-state index contributed by atoms with van der Waals surface area (Å²) in [6.07, 6.45) is 1.93. The number of benzene rings is 6. The summed E-state index contributed by atoms with van der Waals surface area (Å²) >= 11 is 1.72. The normalized spacial score (nSPS) is 11.2. The van der Waals surface area contributed by atoms with Gasteiger partial charge in [0.15, 0.2) is 5.82 Å². The van der Waals surface area contributed by atoms with Crippen LogP contribution in [0.25, 0.3) is 76.8 Å². The molecule has 0 spiro atoms. The second-order valence-corrected chi connectivity index (χ2v) is 14.6. The van der Waals surface area contributed by atoms with Crippen molar-refractivity contribution in [2.24, 2.45) is 0 Å². The van der Waals surface area contributed by atoms with Crippen LogP contribution in [0.5, 0.6) is 0 Å². The molecule has 10 rings (SSSR count). The Morgan fingerprint density at radius 1 is 0.589 bits per heavy atom. The number of fused-ring (bicyclic) bond motifs is 4. The first-order valence-corrected chi connectivity index (χ1v) is 19.0. The molecule has 0 aliphatic carbocycles. The minimum absolute atomic E-state index is 0. The van der Waals surface area contributed by atoms with Gasteiger partial charge in [-0.15, -0.1) is 47.5 Å². The van der Waals surface area contributed by atoms with Crippen molar-refractivity contribution in [1.29, 1.82) is 0 Å². The van der Waals surface area contributed by atoms with Gasteiger partial charge in [-0.3, -0.25) is 14.9 Å². The summed E-state index contributed by atoms with van der Waals surface area (Å²) in [5, 5.41) is 4.01. The number of thiophene rings is 1. The van der Waals surface area contributed by atoms with Crippen molar-refractivity contribution in [1.82, 2.24) is 19.9 Å². The molecule has 0 bridgehead atoms. The molecular formula is C49H31N5PtS. The molecule has 0 aliphatic heterocycles. The van der Waals surface area contributed by atoms with Gasteiger partial charge in [-0.25, -0.2) is 9.97 Å². The summed E-state index contributed by atoms with van der Waals surface area (Å²) in [6, 6.07) is 63.1. The van der Waals surface area contributed by atoms with Gasteiger partial charge >= 0.3 is 21.1 Å². The monoisotopic (exact) mass is 916 g/mol. The van der Waals surface area contributed by atoms with Crippen molar-refractivity contribution in [2.75, 3.05) is 4.90 Å². The molecule has 0 amide bonds. The Bertz CT molecular complexity index is 2930. The topological polar surface area (TPSA) is 54.8 Å². The Balaban J connectivity index is 0.00000410. The molecule has 4 heterocycles. The third-order valence-corrected chi connectivity index (χ3v) is 10.7. The number of hydrogen-bond donors (Lipinski definition) is 0. The van der Waals surface area contributed by atoms with Crippen LogP contribution in [0.2, 0.25) is 0 Å². The van der Waals surface area contributed by atoms with Gasteiger partial charge in [-0.2, -0.15) is 11.3 Å². The largest absolute Gasteiger partial charge is 2.00 e. The molecular weight excluding hydrogens is 886 g/mol. The zero-order valence-electron chi connectivity index (χ0n) is 30.1. The van der Waals surface area contributed by atoms with E-state index in [0.29, 0.717) is 5.82 Å². The Morgan fingerprint density at radius 3 is 2.07 bits per heavy atom. The standard InChI is InChI=1S/C49H31N5S.Pt/c1-32-26-41-45(55-32)30-40(42-31-50-48(53-47(41)42)35-20-10-4-11-21-35)44-27-36-22-14-15-25-39(36)49(52-44)54(38-23-12-5-13-24-38)46-29-37(33-16-6-2-7-17-33)28-43(51-46)34-18-8-3-9-19-34;/h2-18,20-29,31H,1H3;/q-2;+2. The second-order valence-electron chi connectivity index (χ2n) is 13.4. The molecule has 4 aromatic heterocycles. The molecule has 268 valence electrons. The van der Waals surface area contributed by atoms with E-state index >= 15 is 0 Å². The second kappa shape index (κ2) is 15.1. The summed E-state index contributed by atoms with van der Waals surface area (Å²) in [5.74, 6) is 2.18. The molecule has 0 N–H and O–H groups in total. The van der Waals surface area contributed by atoms with Crippen molar-refractivity contribution in [3.63, 3.8) is 0 Å². The number of pyridine rings is 2. The molecule has 0 aliphatic rings. The van der Waals surface area contributed by atoms with E-state index in [9.17, 15) is 0 Å². The van der Waals surface area contributed by atoms with E-state index in [2.05, 4.69) is 127 Å². The van der Waals surface area contributed by atoms with Gasteiger partial charge in [-0.1, -0.05) is 132 Å². The van der Waals surface area contributed by atoms with E-state index in [4.69, 9.17) is 19.9 Å². The average Bonchev–Trinajstić information content (AvgIpc) is 3.65. The van der Waals surface area contributed by atoms with Crippen LogP contribution in [0, 0.1) is 19.1 Å². The van der Waals surface area contributed by atoms with Gasteiger partial charge in [0.2, 0.25) is 0 Å². The summed E-state index contributed by atoms with van der Waals surface area (Å²) in [4.78, 5) is 24.4. The fraction of sp³-hybridized carbons (Fsp3) is 0.0204. The number of hydrogen-bond acceptors (Lipinski definition) is 6.